The molecule has 1 aromatic rings. The molecule has 0 saturated heterocycles. The van der Waals surface area contributed by atoms with Crippen LogP contribution < -0.4 is 5.73 Å². The Hall–Kier alpha value is -1.35. The van der Waals surface area contributed by atoms with Gasteiger partial charge in [0, 0.05) is 12.0 Å². The van der Waals surface area contributed by atoms with Gasteiger partial charge in [0.15, 0.2) is 0 Å². The fraction of sp³-hybridized carbons (Fsp3) is 0.667. The summed E-state index contributed by atoms with van der Waals surface area (Å²) in [5.41, 5.74) is 7.01. The van der Waals surface area contributed by atoms with Crippen LogP contribution in [-0.2, 0) is 14.9 Å². The maximum Gasteiger partial charge on any atom is 0.223 e. The standard InChI is InChI=1S/C21H31NO2/c1-4-24-15-19(2)10-16-11-20(3,18(22)23)14-21(12-16,13-19)17-8-6-5-7-9-17/h5-9,16H,4,10-15H2,1-3H3,(H2,22,23)/t16?,19-,20?,21?/m0/s1. The lowest BCUT2D eigenvalue weighted by Gasteiger charge is -2.57. The van der Waals surface area contributed by atoms with Crippen LogP contribution in [0.4, 0.5) is 0 Å². The molecule has 0 aromatic heterocycles. The van der Waals surface area contributed by atoms with Gasteiger partial charge in [-0.25, -0.2) is 0 Å². The summed E-state index contributed by atoms with van der Waals surface area (Å²) in [6.45, 7) is 8.06. The molecule has 2 N–H and O–H groups in total. The van der Waals surface area contributed by atoms with Crippen molar-refractivity contribution in [1.29, 1.82) is 0 Å². The molecule has 3 heteroatoms. The van der Waals surface area contributed by atoms with Crippen molar-refractivity contribution in [2.45, 2.75) is 58.3 Å². The molecule has 2 saturated carbocycles. The molecule has 0 heterocycles. The number of primary amides is 1. The molecule has 3 rings (SSSR count). The van der Waals surface area contributed by atoms with Gasteiger partial charge in [-0.1, -0.05) is 44.2 Å². The van der Waals surface area contributed by atoms with E-state index in [0.717, 1.165) is 38.9 Å². The highest BCUT2D eigenvalue weighted by Gasteiger charge is 2.56. The van der Waals surface area contributed by atoms with Crippen molar-refractivity contribution >= 4 is 5.91 Å². The predicted octanol–water partition coefficient (Wildman–Crippen LogP) is 4.05. The summed E-state index contributed by atoms with van der Waals surface area (Å²) in [7, 11) is 0. The highest BCUT2D eigenvalue weighted by atomic mass is 16.5. The number of fused-ring (bicyclic) bond motifs is 2. The van der Waals surface area contributed by atoms with Gasteiger partial charge in [-0.05, 0) is 61.3 Å². The Morgan fingerprint density at radius 2 is 1.88 bits per heavy atom. The molecular weight excluding hydrogens is 298 g/mol. The van der Waals surface area contributed by atoms with Gasteiger partial charge in [0.25, 0.3) is 0 Å². The second kappa shape index (κ2) is 6.18. The lowest BCUT2D eigenvalue weighted by molar-refractivity contribution is -0.135. The largest absolute Gasteiger partial charge is 0.381 e. The second-order valence-corrected chi connectivity index (χ2v) is 8.85. The molecule has 0 spiro atoms. The van der Waals surface area contributed by atoms with Gasteiger partial charge in [0.05, 0.1) is 6.61 Å². The number of ether oxygens (including phenoxy) is 1. The zero-order valence-electron chi connectivity index (χ0n) is 15.3. The Bertz CT molecular complexity index is 601. The zero-order chi connectivity index (χ0) is 17.4. The number of carbonyl (C=O) groups is 1. The molecular formula is C21H31NO2. The molecule has 2 aliphatic carbocycles. The number of hydrogen-bond donors (Lipinski definition) is 1. The van der Waals surface area contributed by atoms with E-state index in [1.807, 2.05) is 0 Å². The first kappa shape index (κ1) is 17.5. The van der Waals surface area contributed by atoms with E-state index < -0.39 is 5.41 Å². The third kappa shape index (κ3) is 3.11. The topological polar surface area (TPSA) is 52.3 Å². The van der Waals surface area contributed by atoms with Crippen molar-refractivity contribution in [3.05, 3.63) is 35.9 Å². The van der Waals surface area contributed by atoms with Crippen molar-refractivity contribution < 1.29 is 9.53 Å². The first-order valence-electron chi connectivity index (χ1n) is 9.24. The van der Waals surface area contributed by atoms with Gasteiger partial charge >= 0.3 is 0 Å². The molecule has 24 heavy (non-hydrogen) atoms. The Labute approximate surface area is 146 Å². The summed E-state index contributed by atoms with van der Waals surface area (Å²) < 4.78 is 5.83. The van der Waals surface area contributed by atoms with Crippen LogP contribution in [-0.4, -0.2) is 19.1 Å². The van der Waals surface area contributed by atoms with Crippen LogP contribution in [0.2, 0.25) is 0 Å². The fourth-order valence-corrected chi connectivity index (χ4v) is 5.78. The molecule has 0 radical (unpaired) electrons. The molecule has 3 unspecified atom stereocenters. The summed E-state index contributed by atoms with van der Waals surface area (Å²) in [5, 5.41) is 0. The minimum absolute atomic E-state index is 0.0397. The minimum Gasteiger partial charge on any atom is -0.381 e. The van der Waals surface area contributed by atoms with Crippen LogP contribution in [0.25, 0.3) is 0 Å². The smallest absolute Gasteiger partial charge is 0.223 e. The Kier molecular flexibility index (Phi) is 4.50. The molecule has 3 nitrogen and oxygen atoms in total. The molecule has 2 aliphatic rings. The van der Waals surface area contributed by atoms with Crippen LogP contribution in [0.5, 0.6) is 0 Å². The van der Waals surface area contributed by atoms with E-state index in [2.05, 4.69) is 51.1 Å². The summed E-state index contributed by atoms with van der Waals surface area (Å²) in [5.74, 6) is 0.400. The minimum atomic E-state index is -0.397. The third-order valence-corrected chi connectivity index (χ3v) is 6.33. The Balaban J connectivity index is 2.00. The fourth-order valence-electron chi connectivity index (χ4n) is 5.78. The maximum atomic E-state index is 12.2. The number of rotatable bonds is 5. The van der Waals surface area contributed by atoms with Gasteiger partial charge in [0.2, 0.25) is 5.91 Å². The number of benzene rings is 1. The monoisotopic (exact) mass is 329 g/mol. The van der Waals surface area contributed by atoms with E-state index in [1.165, 1.54) is 12.0 Å². The van der Waals surface area contributed by atoms with Gasteiger partial charge in [-0.15, -0.1) is 0 Å². The molecule has 2 bridgehead atoms. The highest BCUT2D eigenvalue weighted by Crippen LogP contribution is 2.61. The van der Waals surface area contributed by atoms with Crippen molar-refractivity contribution in [2.75, 3.05) is 13.2 Å². The molecule has 2 fully saturated rings. The SMILES string of the molecule is CCOC[C@@]1(C)CC2CC(C)(C(N)=O)CC(c3ccccc3)(C2)C1. The van der Waals surface area contributed by atoms with Crippen molar-refractivity contribution in [1.82, 2.24) is 0 Å². The van der Waals surface area contributed by atoms with Gasteiger partial charge in [-0.2, -0.15) is 0 Å². The van der Waals surface area contributed by atoms with Gasteiger partial charge < -0.3 is 10.5 Å². The number of hydrogen-bond acceptors (Lipinski definition) is 2. The lowest BCUT2D eigenvalue weighted by Crippen LogP contribution is -2.54. The van der Waals surface area contributed by atoms with Gasteiger partial charge in [0.1, 0.15) is 0 Å². The summed E-state index contributed by atoms with van der Waals surface area (Å²) in [6.07, 6.45) is 5.14. The van der Waals surface area contributed by atoms with E-state index in [0.29, 0.717) is 5.92 Å². The average molecular weight is 329 g/mol. The number of carbonyl (C=O) groups excluding carboxylic acids is 1. The summed E-state index contributed by atoms with van der Waals surface area (Å²) in [4.78, 5) is 12.2. The van der Waals surface area contributed by atoms with Crippen LogP contribution in [0.1, 0.15) is 58.4 Å². The quantitative estimate of drug-likeness (QED) is 0.886. The van der Waals surface area contributed by atoms with Crippen LogP contribution in [0.15, 0.2) is 30.3 Å². The molecule has 0 aliphatic heterocycles. The first-order chi connectivity index (χ1) is 11.3. The normalized spacial score (nSPS) is 38.7. The van der Waals surface area contributed by atoms with E-state index >= 15 is 0 Å². The second-order valence-electron chi connectivity index (χ2n) is 8.85. The van der Waals surface area contributed by atoms with E-state index in [4.69, 9.17) is 10.5 Å². The molecule has 4 atom stereocenters. The molecule has 1 amide bonds. The van der Waals surface area contributed by atoms with Crippen molar-refractivity contribution in [3.63, 3.8) is 0 Å². The Morgan fingerprint density at radius 1 is 1.17 bits per heavy atom. The predicted molar refractivity (Wildman–Crippen MR) is 96.6 cm³/mol. The summed E-state index contributed by atoms with van der Waals surface area (Å²) >= 11 is 0. The number of amides is 1. The summed E-state index contributed by atoms with van der Waals surface area (Å²) in [6, 6.07) is 10.8. The van der Waals surface area contributed by atoms with E-state index in [-0.39, 0.29) is 16.7 Å². The molecule has 132 valence electrons. The first-order valence-corrected chi connectivity index (χ1v) is 9.24. The molecule has 1 aromatic carbocycles. The van der Waals surface area contributed by atoms with E-state index in [9.17, 15) is 4.79 Å². The zero-order valence-corrected chi connectivity index (χ0v) is 15.3. The average Bonchev–Trinajstić information content (AvgIpc) is 2.52. The van der Waals surface area contributed by atoms with Crippen molar-refractivity contribution in [2.24, 2.45) is 22.5 Å². The van der Waals surface area contributed by atoms with Crippen molar-refractivity contribution in [3.8, 4) is 0 Å². The lowest BCUT2D eigenvalue weighted by atomic mass is 9.47. The van der Waals surface area contributed by atoms with Crippen LogP contribution in [0, 0.1) is 16.7 Å². The third-order valence-electron chi connectivity index (χ3n) is 6.33. The van der Waals surface area contributed by atoms with Gasteiger partial charge in [-0.3, -0.25) is 4.79 Å². The highest BCUT2D eigenvalue weighted by molar-refractivity contribution is 5.80. The van der Waals surface area contributed by atoms with Crippen LogP contribution >= 0.6 is 0 Å². The Morgan fingerprint density at radius 3 is 2.50 bits per heavy atom. The maximum absolute atomic E-state index is 12.2. The number of nitrogens with two attached hydrogens (primary N) is 1. The van der Waals surface area contributed by atoms with Crippen LogP contribution in [0.3, 0.4) is 0 Å². The van der Waals surface area contributed by atoms with E-state index in [1.54, 1.807) is 0 Å².